The summed E-state index contributed by atoms with van der Waals surface area (Å²) in [5.41, 5.74) is 0. The molecule has 0 saturated heterocycles. The van der Waals surface area contributed by atoms with E-state index in [1.165, 1.54) is 0 Å². The average Bonchev–Trinajstić information content (AvgIpc) is 3.36. The Bertz CT molecular complexity index is 585. The van der Waals surface area contributed by atoms with Crippen LogP contribution in [0, 0.1) is 20.8 Å². The van der Waals surface area contributed by atoms with Crippen LogP contribution in [0.1, 0.15) is 17.5 Å². The number of hydrogen-bond donors (Lipinski definition) is 3. The largest absolute Gasteiger partial charge is 0.349 e. The quantitative estimate of drug-likeness (QED) is 0.454. The molecule has 126 valence electrons. The fourth-order valence-corrected chi connectivity index (χ4v) is 1.24. The Morgan fingerprint density at radius 3 is 1.04 bits per heavy atom. The fourth-order valence-electron chi connectivity index (χ4n) is 1.24. The SMILES string of the molecule is Cc1ncc[nH]1.Cc1ncc[nH]1.Cc1ncc[nH]1.c1cnnnc1. The van der Waals surface area contributed by atoms with Crippen molar-refractivity contribution in [2.45, 2.75) is 20.8 Å². The second-order valence-corrected chi connectivity index (χ2v) is 4.33. The first-order valence-electron chi connectivity index (χ1n) is 7.14. The molecule has 0 aliphatic carbocycles. The van der Waals surface area contributed by atoms with E-state index in [1.54, 1.807) is 55.6 Å². The highest BCUT2D eigenvalue weighted by atomic mass is 15.3. The van der Waals surface area contributed by atoms with Gasteiger partial charge in [0.05, 0.1) is 12.4 Å². The topological polar surface area (TPSA) is 125 Å². The molecule has 0 radical (unpaired) electrons. The molecule has 4 aromatic rings. The Morgan fingerprint density at radius 2 is 0.958 bits per heavy atom. The zero-order valence-corrected chi connectivity index (χ0v) is 13.9. The second-order valence-electron chi connectivity index (χ2n) is 4.33. The molecule has 3 N–H and O–H groups in total. The summed E-state index contributed by atoms with van der Waals surface area (Å²) in [6.07, 6.45) is 13.8. The first-order chi connectivity index (χ1) is 11.7. The lowest BCUT2D eigenvalue weighted by Gasteiger charge is -1.68. The molecule has 0 aliphatic rings. The predicted molar refractivity (Wildman–Crippen MR) is 89.8 cm³/mol. The zero-order valence-electron chi connectivity index (χ0n) is 13.9. The molecule has 0 fully saturated rings. The maximum Gasteiger partial charge on any atom is 0.102 e. The van der Waals surface area contributed by atoms with Crippen LogP contribution in [0.2, 0.25) is 0 Å². The van der Waals surface area contributed by atoms with E-state index in [0.717, 1.165) is 17.5 Å². The molecule has 24 heavy (non-hydrogen) atoms. The van der Waals surface area contributed by atoms with Gasteiger partial charge in [0.2, 0.25) is 0 Å². The maximum absolute atomic E-state index is 3.86. The second kappa shape index (κ2) is 12.2. The summed E-state index contributed by atoms with van der Waals surface area (Å²) in [7, 11) is 0. The number of H-pyrrole nitrogens is 3. The van der Waals surface area contributed by atoms with E-state index in [0.29, 0.717) is 0 Å². The van der Waals surface area contributed by atoms with Gasteiger partial charge in [0.1, 0.15) is 17.5 Å². The van der Waals surface area contributed by atoms with Crippen molar-refractivity contribution < 1.29 is 0 Å². The van der Waals surface area contributed by atoms with Crippen LogP contribution in [0.5, 0.6) is 0 Å². The first kappa shape index (κ1) is 18.7. The molecule has 0 spiro atoms. The summed E-state index contributed by atoms with van der Waals surface area (Å²) in [6.45, 7) is 5.75. The molecule has 0 amide bonds. The number of rotatable bonds is 0. The number of aryl methyl sites for hydroxylation is 3. The Morgan fingerprint density at radius 1 is 0.583 bits per heavy atom. The Labute approximate surface area is 140 Å². The Hall–Kier alpha value is -3.36. The first-order valence-corrected chi connectivity index (χ1v) is 7.14. The molecule has 0 aliphatic heterocycles. The minimum atomic E-state index is 0.968. The van der Waals surface area contributed by atoms with E-state index in [4.69, 9.17) is 0 Å². The minimum absolute atomic E-state index is 0.968. The fraction of sp³-hybridized carbons (Fsp3) is 0.200. The number of aromatic amines is 3. The summed E-state index contributed by atoms with van der Waals surface area (Å²) in [6, 6.07) is 1.72. The molecule has 0 saturated carbocycles. The van der Waals surface area contributed by atoms with Crippen LogP contribution in [0.3, 0.4) is 0 Å². The van der Waals surface area contributed by atoms with Crippen molar-refractivity contribution in [1.82, 2.24) is 45.3 Å². The third kappa shape index (κ3) is 10.4. The highest BCUT2D eigenvalue weighted by Gasteiger charge is 1.75. The van der Waals surface area contributed by atoms with Gasteiger partial charge in [0, 0.05) is 37.2 Å². The highest BCUT2D eigenvalue weighted by molar-refractivity contribution is 4.81. The zero-order chi connectivity index (χ0) is 17.5. The van der Waals surface area contributed by atoms with Crippen LogP contribution in [0.4, 0.5) is 0 Å². The van der Waals surface area contributed by atoms with Gasteiger partial charge in [-0.15, -0.1) is 10.2 Å². The summed E-state index contributed by atoms with van der Waals surface area (Å²) >= 11 is 0. The van der Waals surface area contributed by atoms with Crippen LogP contribution in [-0.2, 0) is 0 Å². The lowest BCUT2D eigenvalue weighted by atomic mass is 10.7. The van der Waals surface area contributed by atoms with Crippen molar-refractivity contribution in [3.8, 4) is 0 Å². The van der Waals surface area contributed by atoms with Crippen LogP contribution < -0.4 is 0 Å². The number of imidazole rings is 3. The van der Waals surface area contributed by atoms with E-state index in [1.807, 2.05) is 20.8 Å². The third-order valence-corrected chi connectivity index (χ3v) is 2.31. The third-order valence-electron chi connectivity index (χ3n) is 2.31. The lowest BCUT2D eigenvalue weighted by Crippen LogP contribution is -1.78. The summed E-state index contributed by atoms with van der Waals surface area (Å²) in [5, 5.41) is 10.1. The van der Waals surface area contributed by atoms with Crippen molar-refractivity contribution in [2.24, 2.45) is 0 Å². The molecule has 0 atom stereocenters. The monoisotopic (exact) mass is 327 g/mol. The summed E-state index contributed by atoms with van der Waals surface area (Å²) in [5.74, 6) is 2.90. The maximum atomic E-state index is 3.86. The van der Waals surface area contributed by atoms with Crippen molar-refractivity contribution in [2.75, 3.05) is 0 Å². The predicted octanol–water partition coefficient (Wildman–Crippen LogP) is 2.03. The molecule has 9 nitrogen and oxygen atoms in total. The van der Waals surface area contributed by atoms with Gasteiger partial charge in [-0.1, -0.05) is 0 Å². The van der Waals surface area contributed by atoms with Gasteiger partial charge in [-0.2, -0.15) is 0 Å². The molecule has 0 bridgehead atoms. The van der Waals surface area contributed by atoms with Gasteiger partial charge in [0.15, 0.2) is 0 Å². The smallest absolute Gasteiger partial charge is 0.102 e. The van der Waals surface area contributed by atoms with Gasteiger partial charge < -0.3 is 15.0 Å². The van der Waals surface area contributed by atoms with Crippen molar-refractivity contribution in [3.05, 3.63) is 73.1 Å². The molecule has 4 rings (SSSR count). The van der Waals surface area contributed by atoms with Crippen LogP contribution in [-0.4, -0.2) is 45.3 Å². The minimum Gasteiger partial charge on any atom is -0.349 e. The van der Waals surface area contributed by atoms with E-state index in [-0.39, 0.29) is 0 Å². The normalized spacial score (nSPS) is 8.62. The van der Waals surface area contributed by atoms with Crippen LogP contribution >= 0.6 is 0 Å². The van der Waals surface area contributed by atoms with E-state index in [2.05, 4.69) is 45.3 Å². The standard InChI is InChI=1S/3C4H6N2.C3H3N3/c3*1-4-5-2-3-6-4;1-2-4-6-5-3-1/h3*2-3H,1H3,(H,5,6);1-3H. The highest BCUT2D eigenvalue weighted by Crippen LogP contribution is 1.79. The van der Waals surface area contributed by atoms with Crippen molar-refractivity contribution >= 4 is 0 Å². The number of nitrogens with zero attached hydrogens (tertiary/aromatic N) is 6. The molecule has 4 aromatic heterocycles. The van der Waals surface area contributed by atoms with E-state index < -0.39 is 0 Å². The van der Waals surface area contributed by atoms with Crippen LogP contribution in [0.15, 0.2) is 55.6 Å². The summed E-state index contributed by atoms with van der Waals surface area (Å²) in [4.78, 5) is 20.2. The van der Waals surface area contributed by atoms with Crippen molar-refractivity contribution in [1.29, 1.82) is 0 Å². The van der Waals surface area contributed by atoms with Gasteiger partial charge >= 0.3 is 0 Å². The van der Waals surface area contributed by atoms with Gasteiger partial charge in [-0.3, -0.25) is 0 Å². The molecule has 9 heteroatoms. The van der Waals surface area contributed by atoms with Gasteiger partial charge in [-0.05, 0) is 32.1 Å². The Balaban J connectivity index is 0.000000160. The molecule has 4 heterocycles. The van der Waals surface area contributed by atoms with E-state index in [9.17, 15) is 0 Å². The molecular weight excluding hydrogens is 306 g/mol. The van der Waals surface area contributed by atoms with Crippen LogP contribution in [0.25, 0.3) is 0 Å². The van der Waals surface area contributed by atoms with Gasteiger partial charge in [0.25, 0.3) is 0 Å². The molecule has 0 aromatic carbocycles. The lowest BCUT2D eigenvalue weighted by molar-refractivity contribution is 0.865. The molecular formula is C15H21N9. The summed E-state index contributed by atoms with van der Waals surface area (Å²) < 4.78 is 0. The molecule has 0 unspecified atom stereocenters. The van der Waals surface area contributed by atoms with Gasteiger partial charge in [-0.25, -0.2) is 15.0 Å². The average molecular weight is 327 g/mol. The van der Waals surface area contributed by atoms with E-state index >= 15 is 0 Å². The number of hydrogen-bond acceptors (Lipinski definition) is 6. The number of nitrogens with one attached hydrogen (secondary N) is 3. The Kier molecular flexibility index (Phi) is 9.51. The van der Waals surface area contributed by atoms with Crippen molar-refractivity contribution in [3.63, 3.8) is 0 Å². The number of aromatic nitrogens is 9.